The smallest absolute Gasteiger partial charge is 0.338 e. The van der Waals surface area contributed by atoms with Crippen molar-refractivity contribution in [2.24, 2.45) is 0 Å². The monoisotopic (exact) mass is 450 g/mol. The predicted octanol–water partition coefficient (Wildman–Crippen LogP) is 1.57. The van der Waals surface area contributed by atoms with Gasteiger partial charge in [0.1, 0.15) is 0 Å². The van der Waals surface area contributed by atoms with E-state index in [1.807, 2.05) is 0 Å². The third-order valence-corrected chi connectivity index (χ3v) is 5.85. The molecule has 9 nitrogen and oxygen atoms in total. The fraction of sp³-hybridized carbons (Fsp3) is 0.333. The summed E-state index contributed by atoms with van der Waals surface area (Å²) < 4.78 is 46.5. The number of benzene rings is 2. The zero-order chi connectivity index (χ0) is 22.6. The molecule has 0 saturated carbocycles. The molecule has 0 amide bonds. The molecular formula is C21H22O9S. The number of carbonyl (C=O) groups excluding carboxylic acids is 2. The Morgan fingerprint density at radius 2 is 1.65 bits per heavy atom. The van der Waals surface area contributed by atoms with Gasteiger partial charge in [0.05, 0.1) is 17.1 Å². The molecule has 2 aromatic rings. The SMILES string of the molecule is CC(=O)OC1COC(O)C(OC(=O)c2ccccc2)C1OS(=O)(=O)c1ccc(C)cc1. The molecule has 0 radical (unpaired) electrons. The number of aliphatic hydroxyl groups excluding tert-OH is 1. The minimum Gasteiger partial charge on any atom is -0.457 e. The van der Waals surface area contributed by atoms with E-state index in [1.54, 1.807) is 37.3 Å². The standard InChI is InChI=1S/C21H22O9S/c1-13-8-10-16(11-9-13)31(25,26)30-18-17(28-14(2)22)12-27-21(24)19(18)29-20(23)15-6-4-3-5-7-15/h3-11,17-19,21,24H,12H2,1-2H3. The molecule has 0 aromatic heterocycles. The molecule has 2 aromatic carbocycles. The van der Waals surface area contributed by atoms with Crippen molar-refractivity contribution in [2.45, 2.75) is 43.3 Å². The lowest BCUT2D eigenvalue weighted by atomic mass is 10.0. The van der Waals surface area contributed by atoms with Crippen molar-refractivity contribution in [1.29, 1.82) is 0 Å². The first-order valence-corrected chi connectivity index (χ1v) is 10.8. The number of hydrogen-bond donors (Lipinski definition) is 1. The van der Waals surface area contributed by atoms with E-state index in [0.717, 1.165) is 12.5 Å². The molecule has 4 unspecified atom stereocenters. The molecular weight excluding hydrogens is 428 g/mol. The molecule has 1 aliphatic rings. The normalized spacial score (nSPS) is 23.7. The molecule has 3 rings (SSSR count). The number of aryl methyl sites for hydroxylation is 1. The zero-order valence-corrected chi connectivity index (χ0v) is 17.7. The molecule has 166 valence electrons. The Balaban J connectivity index is 1.91. The van der Waals surface area contributed by atoms with Crippen LogP contribution >= 0.6 is 0 Å². The summed E-state index contributed by atoms with van der Waals surface area (Å²) in [6, 6.07) is 13.8. The summed E-state index contributed by atoms with van der Waals surface area (Å²) in [5.74, 6) is -1.56. The summed E-state index contributed by atoms with van der Waals surface area (Å²) in [5, 5.41) is 10.3. The fourth-order valence-corrected chi connectivity index (χ4v) is 4.09. The van der Waals surface area contributed by atoms with Crippen LogP contribution in [-0.2, 0) is 33.3 Å². The first-order valence-electron chi connectivity index (χ1n) is 9.40. The lowest BCUT2D eigenvalue weighted by Crippen LogP contribution is -2.57. The Morgan fingerprint density at radius 1 is 1.00 bits per heavy atom. The second-order valence-electron chi connectivity index (χ2n) is 6.94. The third-order valence-electron chi connectivity index (χ3n) is 4.52. The topological polar surface area (TPSA) is 125 Å². The lowest BCUT2D eigenvalue weighted by Gasteiger charge is -2.38. The van der Waals surface area contributed by atoms with Crippen LogP contribution in [0.4, 0.5) is 0 Å². The van der Waals surface area contributed by atoms with Gasteiger partial charge in [-0.3, -0.25) is 8.98 Å². The number of carbonyl (C=O) groups is 2. The summed E-state index contributed by atoms with van der Waals surface area (Å²) in [5.41, 5.74) is 1.01. The van der Waals surface area contributed by atoms with Gasteiger partial charge in [-0.25, -0.2) is 4.79 Å². The van der Waals surface area contributed by atoms with Gasteiger partial charge in [0.15, 0.2) is 24.6 Å². The molecule has 0 bridgehead atoms. The summed E-state index contributed by atoms with van der Waals surface area (Å²) in [6.07, 6.45) is -6.05. The van der Waals surface area contributed by atoms with Crippen molar-refractivity contribution < 1.29 is 41.5 Å². The summed E-state index contributed by atoms with van der Waals surface area (Å²) >= 11 is 0. The Hall–Kier alpha value is -2.79. The molecule has 1 fully saturated rings. The average molecular weight is 450 g/mol. The van der Waals surface area contributed by atoms with Gasteiger partial charge in [0.25, 0.3) is 10.1 Å². The molecule has 1 heterocycles. The van der Waals surface area contributed by atoms with E-state index in [-0.39, 0.29) is 17.1 Å². The highest BCUT2D eigenvalue weighted by Crippen LogP contribution is 2.27. The molecule has 10 heteroatoms. The maximum Gasteiger partial charge on any atom is 0.338 e. The van der Waals surface area contributed by atoms with E-state index in [2.05, 4.69) is 0 Å². The van der Waals surface area contributed by atoms with Crippen LogP contribution in [0.2, 0.25) is 0 Å². The number of rotatable bonds is 6. The van der Waals surface area contributed by atoms with Crippen LogP contribution in [-0.4, -0.2) is 56.7 Å². The number of hydrogen-bond acceptors (Lipinski definition) is 9. The Bertz CT molecular complexity index is 1020. The van der Waals surface area contributed by atoms with E-state index in [4.69, 9.17) is 18.4 Å². The quantitative estimate of drug-likeness (QED) is 0.516. The molecule has 1 saturated heterocycles. The molecule has 4 atom stereocenters. The van der Waals surface area contributed by atoms with Crippen LogP contribution in [0.5, 0.6) is 0 Å². The second-order valence-corrected chi connectivity index (χ2v) is 8.51. The van der Waals surface area contributed by atoms with Gasteiger partial charge < -0.3 is 19.3 Å². The van der Waals surface area contributed by atoms with Crippen molar-refractivity contribution in [3.05, 3.63) is 65.7 Å². The van der Waals surface area contributed by atoms with Crippen LogP contribution in [0.1, 0.15) is 22.8 Å². The lowest BCUT2D eigenvalue weighted by molar-refractivity contribution is -0.250. The molecule has 0 spiro atoms. The highest BCUT2D eigenvalue weighted by Gasteiger charge is 2.47. The Labute approximate surface area is 179 Å². The maximum atomic E-state index is 12.8. The van der Waals surface area contributed by atoms with Gasteiger partial charge in [-0.05, 0) is 31.2 Å². The minimum atomic E-state index is -4.35. The van der Waals surface area contributed by atoms with Gasteiger partial charge in [-0.2, -0.15) is 8.42 Å². The number of esters is 2. The van der Waals surface area contributed by atoms with Crippen molar-refractivity contribution >= 4 is 22.1 Å². The van der Waals surface area contributed by atoms with E-state index in [1.165, 1.54) is 24.3 Å². The van der Waals surface area contributed by atoms with Gasteiger partial charge in [-0.1, -0.05) is 35.9 Å². The highest BCUT2D eigenvalue weighted by atomic mass is 32.2. The van der Waals surface area contributed by atoms with Crippen LogP contribution in [0, 0.1) is 6.92 Å². The Kier molecular flexibility index (Phi) is 7.06. The average Bonchev–Trinajstić information content (AvgIpc) is 2.73. The number of ether oxygens (including phenoxy) is 3. The van der Waals surface area contributed by atoms with Gasteiger partial charge in [0, 0.05) is 6.92 Å². The minimum absolute atomic E-state index is 0.145. The van der Waals surface area contributed by atoms with Gasteiger partial charge in [-0.15, -0.1) is 0 Å². The molecule has 1 N–H and O–H groups in total. The van der Waals surface area contributed by atoms with E-state index < -0.39 is 46.7 Å². The maximum absolute atomic E-state index is 12.8. The summed E-state index contributed by atoms with van der Waals surface area (Å²) in [6.45, 7) is 2.57. The first kappa shape index (κ1) is 22.9. The Morgan fingerprint density at radius 3 is 2.26 bits per heavy atom. The predicted molar refractivity (Wildman–Crippen MR) is 106 cm³/mol. The largest absolute Gasteiger partial charge is 0.457 e. The van der Waals surface area contributed by atoms with Crippen molar-refractivity contribution in [3.8, 4) is 0 Å². The second kappa shape index (κ2) is 9.56. The van der Waals surface area contributed by atoms with Crippen molar-refractivity contribution in [3.63, 3.8) is 0 Å². The van der Waals surface area contributed by atoms with E-state index >= 15 is 0 Å². The van der Waals surface area contributed by atoms with Gasteiger partial charge >= 0.3 is 11.9 Å². The van der Waals surface area contributed by atoms with Crippen molar-refractivity contribution in [1.82, 2.24) is 0 Å². The third kappa shape index (κ3) is 5.67. The van der Waals surface area contributed by atoms with Crippen LogP contribution in [0.25, 0.3) is 0 Å². The summed E-state index contributed by atoms with van der Waals surface area (Å²) in [7, 11) is -4.35. The number of aliphatic hydroxyl groups is 1. The van der Waals surface area contributed by atoms with Crippen LogP contribution in [0.15, 0.2) is 59.5 Å². The highest BCUT2D eigenvalue weighted by molar-refractivity contribution is 7.86. The molecule has 1 aliphatic heterocycles. The van der Waals surface area contributed by atoms with E-state index in [9.17, 15) is 23.1 Å². The zero-order valence-electron chi connectivity index (χ0n) is 16.8. The van der Waals surface area contributed by atoms with Gasteiger partial charge in [0.2, 0.25) is 0 Å². The van der Waals surface area contributed by atoms with Crippen molar-refractivity contribution in [2.75, 3.05) is 6.61 Å². The first-order chi connectivity index (χ1) is 14.7. The van der Waals surface area contributed by atoms with Crippen LogP contribution < -0.4 is 0 Å². The van der Waals surface area contributed by atoms with Crippen LogP contribution in [0.3, 0.4) is 0 Å². The molecule has 31 heavy (non-hydrogen) atoms. The summed E-state index contributed by atoms with van der Waals surface area (Å²) in [4.78, 5) is 23.9. The molecule has 0 aliphatic carbocycles. The fourth-order valence-electron chi connectivity index (χ4n) is 2.99. The van der Waals surface area contributed by atoms with E-state index in [0.29, 0.717) is 0 Å².